The molecule has 0 fully saturated rings. The summed E-state index contributed by atoms with van der Waals surface area (Å²) in [5.74, 6) is 0. The van der Waals surface area contributed by atoms with Gasteiger partial charge in [0.25, 0.3) is 0 Å². The second kappa shape index (κ2) is 12.1. The summed E-state index contributed by atoms with van der Waals surface area (Å²) in [6, 6.07) is 40.6. The van der Waals surface area contributed by atoms with Crippen molar-refractivity contribution in [1.29, 1.82) is 5.26 Å². The molecule has 3 aromatic heterocycles. The summed E-state index contributed by atoms with van der Waals surface area (Å²) < 4.78 is 11.7. The molecule has 9 aromatic rings. The molecule has 0 bridgehead atoms. The first-order chi connectivity index (χ1) is 26.8. The molecule has 3 heterocycles. The van der Waals surface area contributed by atoms with Gasteiger partial charge in [0.05, 0.1) is 44.4 Å². The number of fused-ring (bicyclic) bond motifs is 9. The largest absolute Gasteiger partial charge is 0.454 e. The SMILES string of the molecule is CC(C)(C)c1ccc2c(c1)c1cc(C(C)(C)C)ccc1n2-c1cc(C#N)c(-n2c3ccc(C(C)(C)C)cc3c3cc(C(C)(C)C)ccc32)c2c1oc1ccccc12. The van der Waals surface area contributed by atoms with E-state index < -0.39 is 0 Å². The van der Waals surface area contributed by atoms with E-state index in [1.165, 1.54) is 43.8 Å². The Balaban J connectivity index is 1.45. The maximum absolute atomic E-state index is 11.3. The monoisotopic (exact) mass is 747 g/mol. The third-order valence-electron chi connectivity index (χ3n) is 12.2. The van der Waals surface area contributed by atoms with Gasteiger partial charge < -0.3 is 13.6 Å². The van der Waals surface area contributed by atoms with Crippen molar-refractivity contribution in [2.24, 2.45) is 0 Å². The van der Waals surface area contributed by atoms with Crippen molar-refractivity contribution in [1.82, 2.24) is 9.13 Å². The second-order valence-corrected chi connectivity index (χ2v) is 20.3. The predicted octanol–water partition coefficient (Wildman–Crippen LogP) is 14.8. The lowest BCUT2D eigenvalue weighted by molar-refractivity contribution is 0.590. The first-order valence-electron chi connectivity index (χ1n) is 20.3. The summed E-state index contributed by atoms with van der Waals surface area (Å²) in [7, 11) is 0. The minimum absolute atomic E-state index is 0.0184. The van der Waals surface area contributed by atoms with Crippen LogP contribution in [0.1, 0.15) is 111 Å². The number of nitriles is 1. The summed E-state index contributed by atoms with van der Waals surface area (Å²) in [4.78, 5) is 0. The standard InChI is InChI=1S/C53H53N3O/c1-50(2,3)32-17-21-41-37(26-32)38-27-33(51(4,5)6)18-22-42(38)55(41)45-25-31(30-54)48(47-36-15-13-14-16-46(36)57-49(45)47)56-43-23-19-34(52(7,8)9)28-39(43)40-29-35(53(10,11)12)20-24-44(40)56/h13-29H,1-12H3. The Morgan fingerprint density at radius 3 is 1.23 bits per heavy atom. The highest BCUT2D eigenvalue weighted by Crippen LogP contribution is 2.46. The maximum atomic E-state index is 11.3. The van der Waals surface area contributed by atoms with E-state index in [2.05, 4.69) is 189 Å². The number of nitrogens with zero attached hydrogens (tertiary/aromatic N) is 3. The fraction of sp³-hybridized carbons (Fsp3) is 0.302. The van der Waals surface area contributed by atoms with Crippen molar-refractivity contribution in [3.63, 3.8) is 0 Å². The van der Waals surface area contributed by atoms with Crippen LogP contribution in [0.25, 0.3) is 76.9 Å². The van der Waals surface area contributed by atoms with E-state index in [4.69, 9.17) is 4.42 Å². The summed E-state index contributed by atoms with van der Waals surface area (Å²) in [6.45, 7) is 27.2. The molecule has 0 aliphatic heterocycles. The minimum Gasteiger partial charge on any atom is -0.454 e. The molecule has 0 spiro atoms. The number of hydrogen-bond donors (Lipinski definition) is 0. The van der Waals surface area contributed by atoms with E-state index in [1.54, 1.807) is 0 Å². The highest BCUT2D eigenvalue weighted by atomic mass is 16.3. The lowest BCUT2D eigenvalue weighted by Crippen LogP contribution is -2.10. The molecule has 4 nitrogen and oxygen atoms in total. The van der Waals surface area contributed by atoms with Gasteiger partial charge >= 0.3 is 0 Å². The highest BCUT2D eigenvalue weighted by molar-refractivity contribution is 6.18. The first-order valence-corrected chi connectivity index (χ1v) is 20.3. The Kier molecular flexibility index (Phi) is 7.82. The van der Waals surface area contributed by atoms with Crippen LogP contribution in [0, 0.1) is 11.3 Å². The Labute approximate surface area is 336 Å². The molecule has 4 heteroatoms. The van der Waals surface area contributed by atoms with Gasteiger partial charge in [-0.3, -0.25) is 0 Å². The zero-order chi connectivity index (χ0) is 40.6. The molecule has 0 N–H and O–H groups in total. The van der Waals surface area contributed by atoms with E-state index in [0.717, 1.165) is 55.4 Å². The lowest BCUT2D eigenvalue weighted by Gasteiger charge is -2.20. The van der Waals surface area contributed by atoms with Crippen LogP contribution in [-0.4, -0.2) is 9.13 Å². The fourth-order valence-corrected chi connectivity index (χ4v) is 8.76. The summed E-state index contributed by atoms with van der Waals surface area (Å²) in [5, 5.41) is 18.0. The minimum atomic E-state index is -0.0264. The van der Waals surface area contributed by atoms with Crippen molar-refractivity contribution in [3.8, 4) is 17.4 Å². The van der Waals surface area contributed by atoms with Gasteiger partial charge in [-0.05, 0) is 105 Å². The van der Waals surface area contributed by atoms with Crippen molar-refractivity contribution in [2.75, 3.05) is 0 Å². The van der Waals surface area contributed by atoms with Crippen LogP contribution in [0.15, 0.2) is 108 Å². The van der Waals surface area contributed by atoms with Gasteiger partial charge in [-0.25, -0.2) is 0 Å². The summed E-state index contributed by atoms with van der Waals surface area (Å²) in [6.07, 6.45) is 0. The van der Waals surface area contributed by atoms with E-state index in [-0.39, 0.29) is 21.7 Å². The van der Waals surface area contributed by atoms with Crippen molar-refractivity contribution < 1.29 is 4.42 Å². The molecule has 0 atom stereocenters. The van der Waals surface area contributed by atoms with E-state index in [9.17, 15) is 5.26 Å². The molecule has 0 aliphatic rings. The van der Waals surface area contributed by atoms with Crippen LogP contribution in [-0.2, 0) is 21.7 Å². The van der Waals surface area contributed by atoms with Crippen LogP contribution in [0.3, 0.4) is 0 Å². The number of benzene rings is 6. The number of furan rings is 1. The average molecular weight is 748 g/mol. The van der Waals surface area contributed by atoms with Gasteiger partial charge in [-0.2, -0.15) is 5.26 Å². The van der Waals surface area contributed by atoms with Gasteiger partial charge in [0.15, 0.2) is 5.58 Å². The van der Waals surface area contributed by atoms with Crippen molar-refractivity contribution in [2.45, 2.75) is 105 Å². The molecule has 0 unspecified atom stereocenters. The number of rotatable bonds is 2. The number of hydrogen-bond acceptors (Lipinski definition) is 2. The molecule has 0 saturated heterocycles. The van der Waals surface area contributed by atoms with Gasteiger partial charge in [0, 0.05) is 26.9 Å². The van der Waals surface area contributed by atoms with Gasteiger partial charge in [-0.1, -0.05) is 126 Å². The Morgan fingerprint density at radius 2 is 0.842 bits per heavy atom. The Hall–Kier alpha value is -5.79. The van der Waals surface area contributed by atoms with Gasteiger partial charge in [0.1, 0.15) is 11.7 Å². The number of para-hydroxylation sites is 1. The van der Waals surface area contributed by atoms with Crippen LogP contribution in [0.4, 0.5) is 0 Å². The summed E-state index contributed by atoms with van der Waals surface area (Å²) >= 11 is 0. The smallest absolute Gasteiger partial charge is 0.161 e. The molecule has 0 amide bonds. The molecular weight excluding hydrogens is 695 g/mol. The molecule has 57 heavy (non-hydrogen) atoms. The van der Waals surface area contributed by atoms with Crippen LogP contribution < -0.4 is 0 Å². The Morgan fingerprint density at radius 1 is 0.456 bits per heavy atom. The molecule has 0 saturated carbocycles. The van der Waals surface area contributed by atoms with Gasteiger partial charge in [0.2, 0.25) is 0 Å². The lowest BCUT2D eigenvalue weighted by atomic mass is 9.85. The second-order valence-electron chi connectivity index (χ2n) is 20.3. The third kappa shape index (κ3) is 5.69. The third-order valence-corrected chi connectivity index (χ3v) is 12.2. The Bertz CT molecular complexity index is 3020. The number of aromatic nitrogens is 2. The van der Waals surface area contributed by atoms with E-state index >= 15 is 0 Å². The summed E-state index contributed by atoms with van der Waals surface area (Å²) in [5.41, 5.74) is 13.2. The van der Waals surface area contributed by atoms with Crippen LogP contribution in [0.2, 0.25) is 0 Å². The maximum Gasteiger partial charge on any atom is 0.161 e. The van der Waals surface area contributed by atoms with Gasteiger partial charge in [-0.15, -0.1) is 0 Å². The highest BCUT2D eigenvalue weighted by Gasteiger charge is 2.28. The molecule has 9 rings (SSSR count). The topological polar surface area (TPSA) is 46.8 Å². The van der Waals surface area contributed by atoms with Crippen LogP contribution >= 0.6 is 0 Å². The zero-order valence-electron chi connectivity index (χ0n) is 35.6. The fourth-order valence-electron chi connectivity index (χ4n) is 8.76. The molecule has 0 aliphatic carbocycles. The average Bonchev–Trinajstić information content (AvgIpc) is 3.80. The predicted molar refractivity (Wildman–Crippen MR) is 242 cm³/mol. The van der Waals surface area contributed by atoms with E-state index in [0.29, 0.717) is 5.56 Å². The van der Waals surface area contributed by atoms with Crippen LogP contribution in [0.5, 0.6) is 0 Å². The molecular formula is C53H53N3O. The van der Waals surface area contributed by atoms with E-state index in [1.807, 2.05) is 12.1 Å². The van der Waals surface area contributed by atoms with Crippen molar-refractivity contribution >= 4 is 65.6 Å². The van der Waals surface area contributed by atoms with Crippen molar-refractivity contribution in [3.05, 3.63) is 131 Å². The zero-order valence-corrected chi connectivity index (χ0v) is 35.6. The normalized spacial score (nSPS) is 13.2. The first kappa shape index (κ1) is 36.8. The molecule has 0 radical (unpaired) electrons. The molecule has 6 aromatic carbocycles. The quantitative estimate of drug-likeness (QED) is 0.177. The molecule has 286 valence electrons.